The number of hydrogen-bond donors (Lipinski definition) is 1. The average molecular weight is 287 g/mol. The number of nitrogens with zero attached hydrogens (tertiary/aromatic N) is 2. The Morgan fingerprint density at radius 3 is 2.71 bits per heavy atom. The van der Waals surface area contributed by atoms with Crippen LogP contribution in [0.1, 0.15) is 31.7 Å². The van der Waals surface area contributed by atoms with Crippen LogP contribution in [0.2, 0.25) is 0 Å². The lowest BCUT2D eigenvalue weighted by Crippen LogP contribution is -2.62. The minimum absolute atomic E-state index is 0.0963. The highest BCUT2D eigenvalue weighted by molar-refractivity contribution is 5.98. The topological polar surface area (TPSA) is 66.6 Å². The van der Waals surface area contributed by atoms with Gasteiger partial charge in [-0.05, 0) is 44.2 Å². The zero-order valence-electron chi connectivity index (χ0n) is 12.3. The molecule has 1 saturated heterocycles. The molecular weight excluding hydrogens is 266 g/mol. The van der Waals surface area contributed by atoms with Gasteiger partial charge < -0.3 is 10.6 Å². The molecule has 5 nitrogen and oxygen atoms in total. The molecule has 0 aromatic heterocycles. The number of benzene rings is 1. The number of anilines is 1. The lowest BCUT2D eigenvalue weighted by Gasteiger charge is -2.44. The first-order chi connectivity index (χ1) is 10.0. The van der Waals surface area contributed by atoms with Crippen molar-refractivity contribution in [1.82, 2.24) is 4.90 Å². The van der Waals surface area contributed by atoms with Crippen LogP contribution in [-0.4, -0.2) is 35.5 Å². The van der Waals surface area contributed by atoms with Crippen LogP contribution >= 0.6 is 0 Å². The molecule has 112 valence electrons. The fourth-order valence-electron chi connectivity index (χ4n) is 3.37. The first kappa shape index (κ1) is 13.9. The summed E-state index contributed by atoms with van der Waals surface area (Å²) in [7, 11) is 0. The molecule has 5 heteroatoms. The lowest BCUT2D eigenvalue weighted by atomic mass is 9.88. The highest BCUT2D eigenvalue weighted by Gasteiger charge is 2.44. The van der Waals surface area contributed by atoms with Gasteiger partial charge in [-0.1, -0.05) is 18.2 Å². The highest BCUT2D eigenvalue weighted by atomic mass is 16.2. The van der Waals surface area contributed by atoms with Crippen molar-refractivity contribution in [2.45, 2.75) is 38.1 Å². The first-order valence-corrected chi connectivity index (χ1v) is 7.51. The molecule has 2 N–H and O–H groups in total. The van der Waals surface area contributed by atoms with Gasteiger partial charge in [0.05, 0.1) is 0 Å². The molecule has 2 aliphatic rings. The van der Waals surface area contributed by atoms with Crippen molar-refractivity contribution >= 4 is 17.6 Å². The zero-order valence-corrected chi connectivity index (χ0v) is 12.3. The van der Waals surface area contributed by atoms with Crippen LogP contribution in [0, 0.1) is 0 Å². The Kier molecular flexibility index (Phi) is 3.35. The second kappa shape index (κ2) is 5.06. The van der Waals surface area contributed by atoms with E-state index in [0.29, 0.717) is 19.5 Å². The molecule has 0 radical (unpaired) electrons. The molecule has 0 spiro atoms. The zero-order chi connectivity index (χ0) is 15.0. The van der Waals surface area contributed by atoms with Gasteiger partial charge in [0.2, 0.25) is 5.91 Å². The molecule has 0 saturated carbocycles. The van der Waals surface area contributed by atoms with Crippen LogP contribution in [0.3, 0.4) is 0 Å². The third kappa shape index (κ3) is 2.17. The highest BCUT2D eigenvalue weighted by Crippen LogP contribution is 2.33. The normalized spacial score (nSPS) is 24.8. The van der Waals surface area contributed by atoms with Crippen molar-refractivity contribution in [3.05, 3.63) is 29.8 Å². The average Bonchev–Trinajstić information content (AvgIpc) is 2.91. The summed E-state index contributed by atoms with van der Waals surface area (Å²) in [6, 6.07) is 7.84. The fourth-order valence-corrected chi connectivity index (χ4v) is 3.37. The number of fused-ring (bicyclic) bond motifs is 1. The number of likely N-dealkylation sites (tertiary alicyclic amines) is 1. The maximum Gasteiger partial charge on any atom is 0.325 e. The van der Waals surface area contributed by atoms with Gasteiger partial charge in [0.15, 0.2) is 0 Å². The van der Waals surface area contributed by atoms with E-state index in [1.165, 1.54) is 5.56 Å². The van der Waals surface area contributed by atoms with Gasteiger partial charge >= 0.3 is 6.03 Å². The van der Waals surface area contributed by atoms with Gasteiger partial charge in [0.25, 0.3) is 0 Å². The first-order valence-electron chi connectivity index (χ1n) is 7.51. The largest absolute Gasteiger partial charge is 0.368 e. The predicted molar refractivity (Wildman–Crippen MR) is 81.0 cm³/mol. The second-order valence-electron chi connectivity index (χ2n) is 6.06. The van der Waals surface area contributed by atoms with Crippen molar-refractivity contribution in [2.75, 3.05) is 18.0 Å². The Morgan fingerprint density at radius 2 is 1.95 bits per heavy atom. The van der Waals surface area contributed by atoms with Crippen LogP contribution < -0.4 is 10.6 Å². The summed E-state index contributed by atoms with van der Waals surface area (Å²) in [5.41, 5.74) is 6.85. The van der Waals surface area contributed by atoms with Crippen molar-refractivity contribution in [3.63, 3.8) is 0 Å². The molecule has 0 aliphatic carbocycles. The van der Waals surface area contributed by atoms with Gasteiger partial charge in [-0.2, -0.15) is 0 Å². The molecule has 1 atom stereocenters. The molecule has 0 unspecified atom stereocenters. The summed E-state index contributed by atoms with van der Waals surface area (Å²) < 4.78 is 0. The van der Waals surface area contributed by atoms with E-state index in [0.717, 1.165) is 24.9 Å². The lowest BCUT2D eigenvalue weighted by molar-refractivity contribution is -0.129. The minimum atomic E-state index is -0.868. The molecule has 1 aromatic carbocycles. The molecule has 0 bridgehead atoms. The van der Waals surface area contributed by atoms with Gasteiger partial charge in [-0.25, -0.2) is 4.79 Å². The van der Waals surface area contributed by atoms with Crippen LogP contribution in [0.4, 0.5) is 10.5 Å². The van der Waals surface area contributed by atoms with Crippen LogP contribution in [0.5, 0.6) is 0 Å². The van der Waals surface area contributed by atoms with E-state index in [2.05, 4.69) is 0 Å². The summed E-state index contributed by atoms with van der Waals surface area (Å²) in [6.45, 7) is 3.05. The minimum Gasteiger partial charge on any atom is -0.368 e. The van der Waals surface area contributed by atoms with Gasteiger partial charge in [0, 0.05) is 18.8 Å². The molecule has 3 rings (SSSR count). The monoisotopic (exact) mass is 287 g/mol. The smallest absolute Gasteiger partial charge is 0.325 e. The molecule has 2 heterocycles. The maximum atomic E-state index is 12.9. The maximum absolute atomic E-state index is 12.9. The molecule has 21 heavy (non-hydrogen) atoms. The number of amides is 3. The van der Waals surface area contributed by atoms with E-state index >= 15 is 0 Å². The summed E-state index contributed by atoms with van der Waals surface area (Å²) >= 11 is 0. The van der Waals surface area contributed by atoms with Crippen molar-refractivity contribution in [3.8, 4) is 0 Å². The van der Waals surface area contributed by atoms with Crippen molar-refractivity contribution in [2.24, 2.45) is 5.73 Å². The number of nitrogens with two attached hydrogens (primary N) is 1. The number of hydrogen-bond acceptors (Lipinski definition) is 2. The number of piperidine rings is 1. The summed E-state index contributed by atoms with van der Waals surface area (Å²) in [5, 5.41) is 0. The van der Waals surface area contributed by atoms with E-state index in [1.807, 2.05) is 24.3 Å². The quantitative estimate of drug-likeness (QED) is 0.857. The molecule has 2 aliphatic heterocycles. The molecule has 1 fully saturated rings. The molecular formula is C16H21N3O2. The summed E-state index contributed by atoms with van der Waals surface area (Å²) in [5.74, 6) is -0.414. The Bertz CT molecular complexity index is 587. The SMILES string of the molecule is C[C@]1(C(N)=O)CCCCN1C(=O)N1CCc2ccccc21. The van der Waals surface area contributed by atoms with Gasteiger partial charge in [0.1, 0.15) is 5.54 Å². The number of rotatable bonds is 1. The number of primary amides is 1. The van der Waals surface area contributed by atoms with E-state index < -0.39 is 11.4 Å². The van der Waals surface area contributed by atoms with Crippen molar-refractivity contribution in [1.29, 1.82) is 0 Å². The number of para-hydroxylation sites is 1. The van der Waals surface area contributed by atoms with Crippen molar-refractivity contribution < 1.29 is 9.59 Å². The molecule has 1 aromatic rings. The fraction of sp³-hybridized carbons (Fsp3) is 0.500. The van der Waals surface area contributed by atoms with E-state index in [1.54, 1.807) is 16.7 Å². The third-order valence-corrected chi connectivity index (χ3v) is 4.77. The number of urea groups is 1. The Morgan fingerprint density at radius 1 is 1.19 bits per heavy atom. The molecule has 3 amide bonds. The van der Waals surface area contributed by atoms with Gasteiger partial charge in [-0.3, -0.25) is 9.69 Å². The third-order valence-electron chi connectivity index (χ3n) is 4.77. The number of carbonyl (C=O) groups excluding carboxylic acids is 2. The Hall–Kier alpha value is -2.04. The second-order valence-corrected chi connectivity index (χ2v) is 6.06. The Balaban J connectivity index is 1.90. The number of carbonyl (C=O) groups is 2. The van der Waals surface area contributed by atoms with Crippen LogP contribution in [0.15, 0.2) is 24.3 Å². The van der Waals surface area contributed by atoms with Crippen LogP contribution in [0.25, 0.3) is 0 Å². The van der Waals surface area contributed by atoms with E-state index in [-0.39, 0.29) is 6.03 Å². The summed E-state index contributed by atoms with van der Waals surface area (Å²) in [6.07, 6.45) is 3.36. The van der Waals surface area contributed by atoms with E-state index in [9.17, 15) is 9.59 Å². The standard InChI is InChI=1S/C16H21N3O2/c1-16(14(17)20)9-4-5-10-19(16)15(21)18-11-8-12-6-2-3-7-13(12)18/h2-3,6-7H,4-5,8-11H2,1H3,(H2,17,20)/t16-/m1/s1. The van der Waals surface area contributed by atoms with Crippen LogP contribution in [-0.2, 0) is 11.2 Å². The predicted octanol–water partition coefficient (Wildman–Crippen LogP) is 1.90. The van der Waals surface area contributed by atoms with Gasteiger partial charge in [-0.15, -0.1) is 0 Å². The Labute approximate surface area is 124 Å². The summed E-state index contributed by atoms with van der Waals surface area (Å²) in [4.78, 5) is 28.2. The van der Waals surface area contributed by atoms with E-state index in [4.69, 9.17) is 5.73 Å².